The molecule has 2 aromatic rings. The predicted octanol–water partition coefficient (Wildman–Crippen LogP) is 2.89. The van der Waals surface area contributed by atoms with E-state index < -0.39 is 5.97 Å². The van der Waals surface area contributed by atoms with Gasteiger partial charge >= 0.3 is 5.97 Å². The molecule has 0 unspecified atom stereocenters. The minimum Gasteiger partial charge on any atom is -0.507 e. The van der Waals surface area contributed by atoms with Crippen LogP contribution in [0.5, 0.6) is 5.75 Å². The largest absolute Gasteiger partial charge is 0.507 e. The molecule has 4 nitrogen and oxygen atoms in total. The molecule has 0 aliphatic carbocycles. The zero-order valence-electron chi connectivity index (χ0n) is 12.0. The first-order valence-electron chi connectivity index (χ1n) is 6.83. The summed E-state index contributed by atoms with van der Waals surface area (Å²) in [6, 6.07) is 13.7. The van der Waals surface area contributed by atoms with Gasteiger partial charge in [-0.2, -0.15) is 0 Å². The molecular weight excluding hydrogens is 280 g/mol. The van der Waals surface area contributed by atoms with Crippen molar-refractivity contribution >= 4 is 11.8 Å². The molecule has 0 aliphatic heterocycles. The number of phenols is 1. The second kappa shape index (κ2) is 7.22. The van der Waals surface area contributed by atoms with Gasteiger partial charge in [0.1, 0.15) is 5.75 Å². The number of ether oxygens (including phenoxy) is 1. The third kappa shape index (κ3) is 3.61. The summed E-state index contributed by atoms with van der Waals surface area (Å²) in [6.45, 7) is 3.42. The first-order valence-corrected chi connectivity index (χ1v) is 6.83. The second-order valence-corrected chi connectivity index (χ2v) is 4.63. The highest BCUT2D eigenvalue weighted by atomic mass is 16.5. The molecule has 112 valence electrons. The van der Waals surface area contributed by atoms with Gasteiger partial charge in [0.2, 0.25) is 0 Å². The Morgan fingerprint density at radius 3 is 2.50 bits per heavy atom. The quantitative estimate of drug-likeness (QED) is 0.506. The van der Waals surface area contributed by atoms with Crippen LogP contribution in [0.3, 0.4) is 0 Å². The number of carbonyl (C=O) groups is 2. The van der Waals surface area contributed by atoms with Crippen molar-refractivity contribution in [3.63, 3.8) is 0 Å². The molecule has 4 heteroatoms. The molecule has 0 heterocycles. The number of phenolic OH excluding ortho intramolecular Hbond substituents is 1. The van der Waals surface area contributed by atoms with Crippen LogP contribution in [0.25, 0.3) is 0 Å². The van der Waals surface area contributed by atoms with Crippen molar-refractivity contribution in [2.24, 2.45) is 0 Å². The molecular formula is C18H16O4. The van der Waals surface area contributed by atoms with Crippen molar-refractivity contribution < 1.29 is 19.4 Å². The van der Waals surface area contributed by atoms with Gasteiger partial charge in [-0.05, 0) is 11.6 Å². The summed E-state index contributed by atoms with van der Waals surface area (Å²) in [5.74, 6) is -0.843. The van der Waals surface area contributed by atoms with E-state index in [1.807, 2.05) is 6.07 Å². The molecule has 0 saturated carbocycles. The highest BCUT2D eigenvalue weighted by molar-refractivity contribution is 6.10. The lowest BCUT2D eigenvalue weighted by Crippen LogP contribution is -2.06. The van der Waals surface area contributed by atoms with E-state index in [2.05, 4.69) is 6.58 Å². The number of aromatic hydroxyl groups is 1. The Balaban J connectivity index is 2.17. The first kappa shape index (κ1) is 15.5. The van der Waals surface area contributed by atoms with Gasteiger partial charge < -0.3 is 9.84 Å². The molecule has 0 radical (unpaired) electrons. The van der Waals surface area contributed by atoms with Crippen LogP contribution in [0.2, 0.25) is 0 Å². The van der Waals surface area contributed by atoms with Crippen LogP contribution in [-0.4, -0.2) is 23.5 Å². The van der Waals surface area contributed by atoms with Crippen LogP contribution in [0, 0.1) is 0 Å². The van der Waals surface area contributed by atoms with Crippen molar-refractivity contribution in [1.82, 2.24) is 0 Å². The predicted molar refractivity (Wildman–Crippen MR) is 82.8 cm³/mol. The Labute approximate surface area is 128 Å². The minimum absolute atomic E-state index is 0.0778. The zero-order chi connectivity index (χ0) is 15.9. The summed E-state index contributed by atoms with van der Waals surface area (Å²) in [5, 5.41) is 10.3. The lowest BCUT2D eigenvalue weighted by molar-refractivity contribution is -0.137. The van der Waals surface area contributed by atoms with Gasteiger partial charge in [-0.25, -0.2) is 4.79 Å². The van der Waals surface area contributed by atoms with Gasteiger partial charge in [0.05, 0.1) is 12.2 Å². The van der Waals surface area contributed by atoms with Crippen LogP contribution >= 0.6 is 0 Å². The molecule has 2 rings (SSSR count). The summed E-state index contributed by atoms with van der Waals surface area (Å²) < 4.78 is 4.88. The second-order valence-electron chi connectivity index (χ2n) is 4.63. The van der Waals surface area contributed by atoms with Crippen molar-refractivity contribution in [3.8, 4) is 5.75 Å². The fourth-order valence-electron chi connectivity index (χ4n) is 2.04. The fraction of sp³-hybridized carbons (Fsp3) is 0.111. The van der Waals surface area contributed by atoms with Crippen molar-refractivity contribution in [3.05, 3.63) is 77.9 Å². The normalized spacial score (nSPS) is 10.0. The number of esters is 1. The highest BCUT2D eigenvalue weighted by Gasteiger charge is 2.15. The van der Waals surface area contributed by atoms with E-state index >= 15 is 0 Å². The maximum absolute atomic E-state index is 12.4. The topological polar surface area (TPSA) is 63.6 Å². The summed E-state index contributed by atoms with van der Waals surface area (Å²) in [7, 11) is 0. The number of hydrogen-bond acceptors (Lipinski definition) is 4. The standard InChI is InChI=1S/C18H16O4/c1-2-16(19)22-12-11-14-9-6-10-15(18(14)21)17(20)13-7-4-3-5-8-13/h2-10,21H,1,11-12H2. The fourth-order valence-corrected chi connectivity index (χ4v) is 2.04. The SMILES string of the molecule is C=CC(=O)OCCc1cccc(C(=O)c2ccccc2)c1O. The first-order chi connectivity index (χ1) is 10.6. The molecule has 2 aromatic carbocycles. The van der Waals surface area contributed by atoms with Gasteiger partial charge in [-0.3, -0.25) is 4.79 Å². The van der Waals surface area contributed by atoms with E-state index in [-0.39, 0.29) is 23.7 Å². The molecule has 0 bridgehead atoms. The Hall–Kier alpha value is -2.88. The summed E-state index contributed by atoms with van der Waals surface area (Å²) >= 11 is 0. The number of benzene rings is 2. The van der Waals surface area contributed by atoms with Gasteiger partial charge in [0.15, 0.2) is 5.78 Å². The van der Waals surface area contributed by atoms with Gasteiger partial charge in [-0.1, -0.05) is 49.0 Å². The van der Waals surface area contributed by atoms with Crippen LogP contribution in [0.15, 0.2) is 61.2 Å². The third-order valence-corrected chi connectivity index (χ3v) is 3.18. The maximum atomic E-state index is 12.4. The van der Waals surface area contributed by atoms with E-state index in [4.69, 9.17) is 4.74 Å². The molecule has 0 aromatic heterocycles. The van der Waals surface area contributed by atoms with Crippen LogP contribution < -0.4 is 0 Å². The number of ketones is 1. The van der Waals surface area contributed by atoms with E-state index in [9.17, 15) is 14.7 Å². The number of carbonyl (C=O) groups excluding carboxylic acids is 2. The lowest BCUT2D eigenvalue weighted by Gasteiger charge is -2.09. The van der Waals surface area contributed by atoms with E-state index in [1.54, 1.807) is 42.5 Å². The highest BCUT2D eigenvalue weighted by Crippen LogP contribution is 2.25. The van der Waals surface area contributed by atoms with Crippen molar-refractivity contribution in [2.45, 2.75) is 6.42 Å². The molecule has 1 N–H and O–H groups in total. The third-order valence-electron chi connectivity index (χ3n) is 3.18. The summed E-state index contributed by atoms with van der Waals surface area (Å²) in [6.07, 6.45) is 1.40. The number of hydrogen-bond donors (Lipinski definition) is 1. The molecule has 0 amide bonds. The van der Waals surface area contributed by atoms with Crippen LogP contribution in [0.1, 0.15) is 21.5 Å². The average Bonchev–Trinajstić information content (AvgIpc) is 2.56. The average molecular weight is 296 g/mol. The molecule has 0 saturated heterocycles. The summed E-state index contributed by atoms with van der Waals surface area (Å²) in [4.78, 5) is 23.4. The molecule has 0 aliphatic rings. The molecule has 0 spiro atoms. The van der Waals surface area contributed by atoms with Gasteiger partial charge in [0, 0.05) is 18.1 Å². The molecule has 0 atom stereocenters. The Morgan fingerprint density at radius 2 is 1.82 bits per heavy atom. The smallest absolute Gasteiger partial charge is 0.330 e. The molecule has 0 fully saturated rings. The van der Waals surface area contributed by atoms with Gasteiger partial charge in [0.25, 0.3) is 0 Å². The monoisotopic (exact) mass is 296 g/mol. The minimum atomic E-state index is -0.518. The molecule has 22 heavy (non-hydrogen) atoms. The van der Waals surface area contributed by atoms with E-state index in [0.29, 0.717) is 17.5 Å². The lowest BCUT2D eigenvalue weighted by atomic mass is 9.99. The van der Waals surface area contributed by atoms with Crippen molar-refractivity contribution in [2.75, 3.05) is 6.61 Å². The Kier molecular flexibility index (Phi) is 5.09. The zero-order valence-corrected chi connectivity index (χ0v) is 12.0. The van der Waals surface area contributed by atoms with Gasteiger partial charge in [-0.15, -0.1) is 0 Å². The van der Waals surface area contributed by atoms with E-state index in [0.717, 1.165) is 6.08 Å². The Morgan fingerprint density at radius 1 is 1.09 bits per heavy atom. The number of rotatable bonds is 6. The van der Waals surface area contributed by atoms with E-state index in [1.165, 1.54) is 0 Å². The Bertz CT molecular complexity index is 689. The van der Waals surface area contributed by atoms with Crippen LogP contribution in [0.4, 0.5) is 0 Å². The van der Waals surface area contributed by atoms with Crippen molar-refractivity contribution in [1.29, 1.82) is 0 Å². The summed E-state index contributed by atoms with van der Waals surface area (Å²) in [5.41, 5.74) is 1.30. The number of para-hydroxylation sites is 1. The maximum Gasteiger partial charge on any atom is 0.330 e. The van der Waals surface area contributed by atoms with Crippen LogP contribution in [-0.2, 0) is 16.0 Å².